The Hall–Kier alpha value is -3.15. The van der Waals surface area contributed by atoms with E-state index >= 15 is 0 Å². The molecule has 2 amide bonds. The van der Waals surface area contributed by atoms with E-state index in [0.29, 0.717) is 12.0 Å². The van der Waals surface area contributed by atoms with Gasteiger partial charge in [-0.3, -0.25) is 13.9 Å². The van der Waals surface area contributed by atoms with Crippen molar-refractivity contribution in [3.63, 3.8) is 0 Å². The van der Waals surface area contributed by atoms with Crippen molar-refractivity contribution in [1.29, 1.82) is 0 Å². The second-order valence-corrected chi connectivity index (χ2v) is 12.3. The van der Waals surface area contributed by atoms with Crippen LogP contribution in [0.4, 0.5) is 23.2 Å². The van der Waals surface area contributed by atoms with Crippen LogP contribution in [0.2, 0.25) is 0 Å². The molecule has 1 aliphatic rings. The van der Waals surface area contributed by atoms with Gasteiger partial charge in [-0.1, -0.05) is 44.4 Å². The summed E-state index contributed by atoms with van der Waals surface area (Å²) >= 11 is 0. The van der Waals surface area contributed by atoms with Gasteiger partial charge in [-0.2, -0.15) is 13.2 Å². The molecule has 226 valence electrons. The number of rotatable bonds is 12. The standard InChI is InChI=1S/C29H37F4N3O4S/c1-3-26(28(38)34-24-10-5-4-6-11-24)35(20-21-14-16-23(30)17-15-21)27(37)13-8-18-36(41(2,39)40)25-12-7-9-22(19-25)29(31,32)33/h7,9,12,14-17,19,24,26H,3-6,8,10-11,13,18,20H2,1-2H3,(H,34,38). The number of anilines is 1. The number of hydrogen-bond acceptors (Lipinski definition) is 4. The molecule has 1 aliphatic carbocycles. The number of amides is 2. The quantitative estimate of drug-likeness (QED) is 0.320. The average Bonchev–Trinajstić information content (AvgIpc) is 2.91. The lowest BCUT2D eigenvalue weighted by Gasteiger charge is -2.33. The number of halogens is 4. The smallest absolute Gasteiger partial charge is 0.352 e. The van der Waals surface area contributed by atoms with E-state index in [0.717, 1.165) is 60.9 Å². The first-order valence-electron chi connectivity index (χ1n) is 13.8. The van der Waals surface area contributed by atoms with Crippen molar-refractivity contribution in [1.82, 2.24) is 10.2 Å². The van der Waals surface area contributed by atoms with Crippen molar-refractivity contribution in [3.05, 3.63) is 65.5 Å². The fourth-order valence-electron chi connectivity index (χ4n) is 5.09. The predicted octanol–water partition coefficient (Wildman–Crippen LogP) is 5.65. The van der Waals surface area contributed by atoms with E-state index in [1.807, 2.05) is 0 Å². The minimum Gasteiger partial charge on any atom is -0.352 e. The van der Waals surface area contributed by atoms with Gasteiger partial charge in [0.05, 0.1) is 17.5 Å². The molecule has 0 spiro atoms. The molecular formula is C29H37F4N3O4S. The number of nitrogens with one attached hydrogen (secondary N) is 1. The van der Waals surface area contributed by atoms with E-state index in [-0.39, 0.29) is 43.6 Å². The molecule has 1 atom stereocenters. The van der Waals surface area contributed by atoms with Crippen molar-refractivity contribution >= 4 is 27.5 Å². The highest BCUT2D eigenvalue weighted by atomic mass is 32.2. The van der Waals surface area contributed by atoms with Crippen molar-refractivity contribution < 1.29 is 35.6 Å². The van der Waals surface area contributed by atoms with E-state index in [4.69, 9.17) is 0 Å². The molecule has 41 heavy (non-hydrogen) atoms. The molecule has 0 saturated heterocycles. The van der Waals surface area contributed by atoms with E-state index in [1.54, 1.807) is 6.92 Å². The highest BCUT2D eigenvalue weighted by molar-refractivity contribution is 7.92. The summed E-state index contributed by atoms with van der Waals surface area (Å²) in [5.41, 5.74) is -0.526. The maximum Gasteiger partial charge on any atom is 0.416 e. The second kappa shape index (κ2) is 14.2. The summed E-state index contributed by atoms with van der Waals surface area (Å²) < 4.78 is 79.0. The van der Waals surface area contributed by atoms with Crippen LogP contribution in [0, 0.1) is 5.82 Å². The Morgan fingerprint density at radius 1 is 1.05 bits per heavy atom. The number of hydrogen-bond donors (Lipinski definition) is 1. The Bertz CT molecular complexity index is 1280. The minimum absolute atomic E-state index is 0.00272. The summed E-state index contributed by atoms with van der Waals surface area (Å²) in [6.45, 7) is 1.59. The Kier molecular flexibility index (Phi) is 11.2. The Labute approximate surface area is 239 Å². The van der Waals surface area contributed by atoms with Crippen LogP contribution in [0.1, 0.15) is 69.4 Å². The van der Waals surface area contributed by atoms with Gasteiger partial charge >= 0.3 is 6.18 Å². The molecule has 2 aromatic carbocycles. The van der Waals surface area contributed by atoms with Gasteiger partial charge in [-0.15, -0.1) is 0 Å². The van der Waals surface area contributed by atoms with Crippen LogP contribution >= 0.6 is 0 Å². The highest BCUT2D eigenvalue weighted by Gasteiger charge is 2.32. The van der Waals surface area contributed by atoms with Crippen LogP contribution in [0.3, 0.4) is 0 Å². The third-order valence-corrected chi connectivity index (χ3v) is 8.41. The van der Waals surface area contributed by atoms with Gasteiger partial charge in [0.1, 0.15) is 11.9 Å². The molecule has 1 unspecified atom stereocenters. The predicted molar refractivity (Wildman–Crippen MR) is 149 cm³/mol. The number of nitrogens with zero attached hydrogens (tertiary/aromatic N) is 2. The van der Waals surface area contributed by atoms with Crippen molar-refractivity contribution in [3.8, 4) is 0 Å². The summed E-state index contributed by atoms with van der Waals surface area (Å²) in [7, 11) is -3.96. The van der Waals surface area contributed by atoms with Gasteiger partial charge in [0.2, 0.25) is 21.8 Å². The second-order valence-electron chi connectivity index (χ2n) is 10.4. The Morgan fingerprint density at radius 2 is 1.71 bits per heavy atom. The molecule has 7 nitrogen and oxygen atoms in total. The molecule has 1 N–H and O–H groups in total. The number of carbonyl (C=O) groups excluding carboxylic acids is 2. The van der Waals surface area contributed by atoms with E-state index in [2.05, 4.69) is 5.32 Å². The van der Waals surface area contributed by atoms with Gasteiger partial charge in [-0.05, 0) is 61.6 Å². The van der Waals surface area contributed by atoms with Crippen molar-refractivity contribution in [2.45, 2.75) is 83.1 Å². The van der Waals surface area contributed by atoms with Gasteiger partial charge in [-0.25, -0.2) is 12.8 Å². The minimum atomic E-state index is -4.65. The summed E-state index contributed by atoms with van der Waals surface area (Å²) in [6.07, 6.45) is 1.29. The molecule has 0 aliphatic heterocycles. The van der Waals surface area contributed by atoms with E-state index < -0.39 is 39.5 Å². The third kappa shape index (κ3) is 9.44. The van der Waals surface area contributed by atoms with Gasteiger partial charge in [0, 0.05) is 25.6 Å². The molecule has 0 heterocycles. The molecule has 3 rings (SSSR count). The van der Waals surface area contributed by atoms with E-state index in [1.165, 1.54) is 35.2 Å². The summed E-state index contributed by atoms with van der Waals surface area (Å²) in [5.74, 6) is -1.14. The maximum absolute atomic E-state index is 13.5. The Morgan fingerprint density at radius 3 is 2.29 bits per heavy atom. The summed E-state index contributed by atoms with van der Waals surface area (Å²) in [5, 5.41) is 3.06. The average molecular weight is 600 g/mol. The number of carbonyl (C=O) groups is 2. The lowest BCUT2D eigenvalue weighted by atomic mass is 9.95. The lowest BCUT2D eigenvalue weighted by molar-refractivity contribution is -0.141. The van der Waals surface area contributed by atoms with Crippen LogP contribution in [-0.4, -0.2) is 50.0 Å². The van der Waals surface area contributed by atoms with Crippen molar-refractivity contribution in [2.24, 2.45) is 0 Å². The molecule has 1 saturated carbocycles. The molecule has 0 bridgehead atoms. The molecule has 0 radical (unpaired) electrons. The largest absolute Gasteiger partial charge is 0.416 e. The van der Waals surface area contributed by atoms with Crippen molar-refractivity contribution in [2.75, 3.05) is 17.1 Å². The zero-order chi connectivity index (χ0) is 30.2. The topological polar surface area (TPSA) is 86.8 Å². The normalized spacial score (nSPS) is 15.3. The number of alkyl halides is 3. The van der Waals surface area contributed by atoms with Gasteiger partial charge in [0.15, 0.2) is 0 Å². The fraction of sp³-hybridized carbons (Fsp3) is 0.517. The molecule has 0 aromatic heterocycles. The monoisotopic (exact) mass is 599 g/mol. The zero-order valence-electron chi connectivity index (χ0n) is 23.3. The number of benzene rings is 2. The van der Waals surface area contributed by atoms with Crippen LogP contribution in [-0.2, 0) is 32.3 Å². The molecule has 2 aromatic rings. The molecule has 1 fully saturated rings. The maximum atomic E-state index is 13.5. The first-order valence-corrected chi connectivity index (χ1v) is 15.6. The summed E-state index contributed by atoms with van der Waals surface area (Å²) in [6, 6.07) is 8.81. The van der Waals surface area contributed by atoms with Crippen LogP contribution in [0.25, 0.3) is 0 Å². The SMILES string of the molecule is CCC(C(=O)NC1CCCCC1)N(Cc1ccc(F)cc1)C(=O)CCCN(c1cccc(C(F)(F)F)c1)S(C)(=O)=O. The highest BCUT2D eigenvalue weighted by Crippen LogP contribution is 2.32. The third-order valence-electron chi connectivity index (χ3n) is 7.22. The van der Waals surface area contributed by atoms with Crippen LogP contribution in [0.15, 0.2) is 48.5 Å². The van der Waals surface area contributed by atoms with Crippen LogP contribution < -0.4 is 9.62 Å². The van der Waals surface area contributed by atoms with Gasteiger partial charge in [0.25, 0.3) is 0 Å². The molecule has 12 heteroatoms. The first kappa shape index (κ1) is 32.4. The molecular weight excluding hydrogens is 562 g/mol. The summed E-state index contributed by atoms with van der Waals surface area (Å²) in [4.78, 5) is 28.2. The Balaban J connectivity index is 1.77. The lowest BCUT2D eigenvalue weighted by Crippen LogP contribution is -2.51. The van der Waals surface area contributed by atoms with E-state index in [9.17, 15) is 35.6 Å². The fourth-order valence-corrected chi connectivity index (χ4v) is 6.05. The first-order chi connectivity index (χ1) is 19.3. The van der Waals surface area contributed by atoms with Gasteiger partial charge < -0.3 is 10.2 Å². The zero-order valence-corrected chi connectivity index (χ0v) is 24.1. The number of sulfonamides is 1. The van der Waals surface area contributed by atoms with Crippen LogP contribution in [0.5, 0.6) is 0 Å².